The number of nitrogens with one attached hydrogen (secondary N) is 1. The summed E-state index contributed by atoms with van der Waals surface area (Å²) in [5.74, 6) is -0.377. The van der Waals surface area contributed by atoms with Gasteiger partial charge in [-0.3, -0.25) is 9.59 Å². The Hall–Kier alpha value is -2.16. The van der Waals surface area contributed by atoms with Crippen molar-refractivity contribution < 1.29 is 24.2 Å². The van der Waals surface area contributed by atoms with Crippen LogP contribution in [-0.2, 0) is 20.8 Å². The molecule has 0 aliphatic carbocycles. The van der Waals surface area contributed by atoms with E-state index in [1.165, 1.54) is 23.6 Å². The Kier molecular flexibility index (Phi) is 10.6. The van der Waals surface area contributed by atoms with E-state index in [9.17, 15) is 19.5 Å². The molecule has 2 rings (SSSR count). The maximum atomic E-state index is 12.6. The van der Waals surface area contributed by atoms with E-state index in [1.807, 2.05) is 13.0 Å². The highest BCUT2D eigenvalue weighted by atomic mass is 35.5. The Morgan fingerprint density at radius 1 is 1.27 bits per heavy atom. The van der Waals surface area contributed by atoms with E-state index in [2.05, 4.69) is 5.32 Å². The zero-order chi connectivity index (χ0) is 24.5. The summed E-state index contributed by atoms with van der Waals surface area (Å²) >= 11 is 13.9. The van der Waals surface area contributed by atoms with Crippen LogP contribution in [0.25, 0.3) is 0 Å². The number of carboxylic acids is 1. The standard InChI is InChI=1S/C23H28Cl2N2O5S/c1-4-5-19(25)18(14(2)24)11-32-17-8-6-16(7-9-17)10-20(23(30)31)26-22(29)21-12-33-13-27(21)15(3)28/h5-9,20-21H,4,10-13H2,1-3H3,(H,26,29)(H,30,31)/b18-14+,19-5+. The summed E-state index contributed by atoms with van der Waals surface area (Å²) in [4.78, 5) is 37.5. The summed E-state index contributed by atoms with van der Waals surface area (Å²) in [5, 5.41) is 13.2. The molecule has 0 radical (unpaired) electrons. The largest absolute Gasteiger partial charge is 0.489 e. The molecule has 1 aromatic carbocycles. The summed E-state index contributed by atoms with van der Waals surface area (Å²) in [6.45, 7) is 5.31. The van der Waals surface area contributed by atoms with Crippen LogP contribution in [0, 0.1) is 0 Å². The van der Waals surface area contributed by atoms with Gasteiger partial charge in [-0.25, -0.2) is 4.79 Å². The summed E-state index contributed by atoms with van der Waals surface area (Å²) in [5.41, 5.74) is 1.41. The lowest BCUT2D eigenvalue weighted by Gasteiger charge is -2.23. The molecule has 0 spiro atoms. The molecule has 10 heteroatoms. The van der Waals surface area contributed by atoms with Crippen molar-refractivity contribution in [2.45, 2.75) is 45.7 Å². The van der Waals surface area contributed by atoms with Crippen molar-refractivity contribution in [1.82, 2.24) is 10.2 Å². The molecular weight excluding hydrogens is 487 g/mol. The van der Waals surface area contributed by atoms with Gasteiger partial charge in [0.25, 0.3) is 0 Å². The zero-order valence-corrected chi connectivity index (χ0v) is 21.1. The lowest BCUT2D eigenvalue weighted by Crippen LogP contribution is -2.52. The van der Waals surface area contributed by atoms with Gasteiger partial charge in [-0.2, -0.15) is 0 Å². The van der Waals surface area contributed by atoms with Gasteiger partial charge in [-0.1, -0.05) is 48.3 Å². The maximum Gasteiger partial charge on any atom is 0.326 e. The van der Waals surface area contributed by atoms with E-state index in [1.54, 1.807) is 31.2 Å². The number of carbonyl (C=O) groups is 3. The number of carbonyl (C=O) groups excluding carboxylic acids is 2. The first-order chi connectivity index (χ1) is 15.6. The second-order valence-electron chi connectivity index (χ2n) is 7.51. The number of aliphatic carboxylic acids is 1. The van der Waals surface area contributed by atoms with Crippen LogP contribution in [0.2, 0.25) is 0 Å². The number of halogens is 2. The van der Waals surface area contributed by atoms with Gasteiger partial charge in [-0.05, 0) is 31.0 Å². The quantitative estimate of drug-likeness (QED) is 0.455. The fourth-order valence-electron chi connectivity index (χ4n) is 3.19. The third kappa shape index (κ3) is 7.98. The van der Waals surface area contributed by atoms with Crippen LogP contribution in [-0.4, -0.2) is 58.1 Å². The highest BCUT2D eigenvalue weighted by Crippen LogP contribution is 2.24. The predicted octanol–water partition coefficient (Wildman–Crippen LogP) is 4.14. The molecular formula is C23H28Cl2N2O5S. The number of carboxylic acid groups (broad SMARTS) is 1. The lowest BCUT2D eigenvalue weighted by atomic mass is 10.1. The molecule has 1 heterocycles. The van der Waals surface area contributed by atoms with Crippen LogP contribution in [0.1, 0.15) is 32.8 Å². The van der Waals surface area contributed by atoms with Crippen LogP contribution in [0.3, 0.4) is 0 Å². The van der Waals surface area contributed by atoms with Gasteiger partial charge < -0.3 is 20.1 Å². The van der Waals surface area contributed by atoms with Gasteiger partial charge in [0.05, 0.1) is 5.88 Å². The highest BCUT2D eigenvalue weighted by Gasteiger charge is 2.35. The van der Waals surface area contributed by atoms with E-state index in [0.717, 1.165) is 6.42 Å². The van der Waals surface area contributed by atoms with Gasteiger partial charge in [0, 0.05) is 34.7 Å². The molecule has 2 unspecified atom stereocenters. The minimum absolute atomic E-state index is 0.0955. The van der Waals surface area contributed by atoms with Gasteiger partial charge in [0.15, 0.2) is 0 Å². The zero-order valence-electron chi connectivity index (χ0n) is 18.8. The number of allylic oxidation sites excluding steroid dienone is 2. The molecule has 2 atom stereocenters. The van der Waals surface area contributed by atoms with E-state index in [4.69, 9.17) is 27.9 Å². The topological polar surface area (TPSA) is 95.9 Å². The second-order valence-corrected chi connectivity index (χ2v) is 9.49. The number of benzene rings is 1. The first-order valence-corrected chi connectivity index (χ1v) is 12.4. The van der Waals surface area contributed by atoms with Crippen molar-refractivity contribution in [3.05, 3.63) is 51.5 Å². The normalized spacial score (nSPS) is 17.9. The van der Waals surface area contributed by atoms with E-state index >= 15 is 0 Å². The molecule has 2 N–H and O–H groups in total. The monoisotopic (exact) mass is 514 g/mol. The van der Waals surface area contributed by atoms with Crippen LogP contribution >= 0.6 is 35.0 Å². The van der Waals surface area contributed by atoms with Crippen molar-refractivity contribution in [2.75, 3.05) is 18.2 Å². The molecule has 1 aliphatic rings. The summed E-state index contributed by atoms with van der Waals surface area (Å²) in [6.07, 6.45) is 2.72. The number of nitrogens with zero attached hydrogens (tertiary/aromatic N) is 1. The molecule has 1 saturated heterocycles. The van der Waals surface area contributed by atoms with Crippen molar-refractivity contribution in [3.63, 3.8) is 0 Å². The number of thioether (sulfide) groups is 1. The molecule has 7 nitrogen and oxygen atoms in total. The molecule has 33 heavy (non-hydrogen) atoms. The number of rotatable bonds is 10. The molecule has 180 valence electrons. The molecule has 0 aromatic heterocycles. The van der Waals surface area contributed by atoms with Crippen molar-refractivity contribution in [2.24, 2.45) is 0 Å². The Morgan fingerprint density at radius 3 is 2.48 bits per heavy atom. The Morgan fingerprint density at radius 2 is 1.94 bits per heavy atom. The van der Waals surface area contributed by atoms with E-state index in [0.29, 0.717) is 38.6 Å². The van der Waals surface area contributed by atoms with Crippen LogP contribution in [0.15, 0.2) is 46.0 Å². The number of amides is 2. The van der Waals surface area contributed by atoms with Crippen molar-refractivity contribution in [3.8, 4) is 5.75 Å². The van der Waals surface area contributed by atoms with Crippen molar-refractivity contribution in [1.29, 1.82) is 0 Å². The number of hydrogen-bond acceptors (Lipinski definition) is 5. The predicted molar refractivity (Wildman–Crippen MR) is 132 cm³/mol. The fraction of sp³-hybridized carbons (Fsp3) is 0.435. The molecule has 1 aromatic rings. The van der Waals surface area contributed by atoms with Crippen LogP contribution in [0.5, 0.6) is 5.75 Å². The maximum absolute atomic E-state index is 12.6. The van der Waals surface area contributed by atoms with Crippen molar-refractivity contribution >= 4 is 52.7 Å². The Labute approximate surface area is 208 Å². The fourth-order valence-corrected chi connectivity index (χ4v) is 4.96. The van der Waals surface area contributed by atoms with Crippen LogP contribution < -0.4 is 10.1 Å². The molecule has 1 fully saturated rings. The molecule has 2 amide bonds. The lowest BCUT2D eigenvalue weighted by molar-refractivity contribution is -0.143. The Balaban J connectivity index is 2.00. The molecule has 1 aliphatic heterocycles. The van der Waals surface area contributed by atoms with Gasteiger partial charge in [0.2, 0.25) is 11.8 Å². The third-order valence-electron chi connectivity index (χ3n) is 5.04. The molecule has 0 saturated carbocycles. The smallest absolute Gasteiger partial charge is 0.326 e. The van der Waals surface area contributed by atoms with Gasteiger partial charge in [0.1, 0.15) is 24.4 Å². The highest BCUT2D eigenvalue weighted by molar-refractivity contribution is 7.99. The van der Waals surface area contributed by atoms with Gasteiger partial charge in [-0.15, -0.1) is 11.8 Å². The minimum Gasteiger partial charge on any atom is -0.489 e. The van der Waals surface area contributed by atoms with Crippen LogP contribution in [0.4, 0.5) is 0 Å². The van der Waals surface area contributed by atoms with Gasteiger partial charge >= 0.3 is 5.97 Å². The Bertz CT molecular complexity index is 929. The van der Waals surface area contributed by atoms with E-state index in [-0.39, 0.29) is 18.9 Å². The first-order valence-electron chi connectivity index (χ1n) is 10.4. The van der Waals surface area contributed by atoms with E-state index < -0.39 is 24.0 Å². The second kappa shape index (κ2) is 12.9. The summed E-state index contributed by atoms with van der Waals surface area (Å²) in [7, 11) is 0. The summed E-state index contributed by atoms with van der Waals surface area (Å²) < 4.78 is 5.78. The number of hydrogen-bond donors (Lipinski definition) is 2. The minimum atomic E-state index is -1.14. The molecule has 0 bridgehead atoms. The average molecular weight is 515 g/mol. The summed E-state index contributed by atoms with van der Waals surface area (Å²) in [6, 6.07) is 5.15. The third-order valence-corrected chi connectivity index (χ3v) is 6.66. The first kappa shape index (κ1) is 27.1. The average Bonchev–Trinajstić information content (AvgIpc) is 3.25. The number of ether oxygens (including phenoxy) is 1. The SMILES string of the molecule is CC/C=C(Cl)\C(COc1ccc(CC(NC(=O)C2CSCN2C(C)=O)C(=O)O)cc1)=C(/C)Cl.